The zero-order valence-corrected chi connectivity index (χ0v) is 12.6. The second-order valence-electron chi connectivity index (χ2n) is 5.36. The van der Waals surface area contributed by atoms with Crippen LogP contribution in [0.15, 0.2) is 24.3 Å². The summed E-state index contributed by atoms with van der Waals surface area (Å²) in [7, 11) is 0. The summed E-state index contributed by atoms with van der Waals surface area (Å²) >= 11 is 0. The van der Waals surface area contributed by atoms with Crippen LogP contribution in [0.3, 0.4) is 0 Å². The number of hydrogen-bond donors (Lipinski definition) is 2. The van der Waals surface area contributed by atoms with Crippen molar-refractivity contribution in [2.45, 2.75) is 50.9 Å². The van der Waals surface area contributed by atoms with Gasteiger partial charge in [0.25, 0.3) is 0 Å². The normalized spacial score (nSPS) is 18.9. The molecule has 1 saturated carbocycles. The molecule has 3 N–H and O–H groups in total. The molecule has 1 aliphatic carbocycles. The molecule has 3 nitrogen and oxygen atoms in total. The van der Waals surface area contributed by atoms with E-state index < -0.39 is 18.8 Å². The minimum Gasteiger partial charge on any atom is -0.435 e. The molecule has 21 heavy (non-hydrogen) atoms. The van der Waals surface area contributed by atoms with E-state index in [9.17, 15) is 13.9 Å². The number of aliphatic hydroxyl groups excluding tert-OH is 1. The van der Waals surface area contributed by atoms with E-state index in [4.69, 9.17) is 5.73 Å². The van der Waals surface area contributed by atoms with Crippen molar-refractivity contribution in [3.05, 3.63) is 29.8 Å². The maximum absolute atomic E-state index is 12.1. The van der Waals surface area contributed by atoms with Crippen LogP contribution in [0.5, 0.6) is 5.75 Å². The molecule has 0 saturated heterocycles. The molecule has 1 aliphatic rings. The summed E-state index contributed by atoms with van der Waals surface area (Å²) in [6.07, 6.45) is 4.91. The first-order valence-electron chi connectivity index (χ1n) is 7.06. The van der Waals surface area contributed by atoms with Gasteiger partial charge in [0.05, 0.1) is 12.1 Å². The molecule has 0 heterocycles. The summed E-state index contributed by atoms with van der Waals surface area (Å²) < 4.78 is 28.4. The molecule has 0 spiro atoms. The van der Waals surface area contributed by atoms with Crippen LogP contribution >= 0.6 is 12.4 Å². The average molecular weight is 322 g/mol. The number of hydrogen-bond acceptors (Lipinski definition) is 3. The summed E-state index contributed by atoms with van der Waals surface area (Å²) in [4.78, 5) is 0. The third-order valence-electron chi connectivity index (χ3n) is 3.99. The van der Waals surface area contributed by atoms with E-state index in [2.05, 4.69) is 4.74 Å². The second kappa shape index (κ2) is 8.51. The Labute approximate surface area is 129 Å². The molecule has 120 valence electrons. The van der Waals surface area contributed by atoms with Crippen molar-refractivity contribution in [2.75, 3.05) is 0 Å². The Hall–Kier alpha value is -0.910. The molecule has 0 aromatic heterocycles. The molecule has 1 aromatic carbocycles. The van der Waals surface area contributed by atoms with Gasteiger partial charge in [-0.1, -0.05) is 31.4 Å². The third kappa shape index (κ3) is 5.09. The molecule has 1 fully saturated rings. The Bertz CT molecular complexity index is 411. The fourth-order valence-corrected chi connectivity index (χ4v) is 2.84. The molecule has 0 amide bonds. The number of halogens is 3. The number of rotatable bonds is 5. The molecule has 6 heteroatoms. The van der Waals surface area contributed by atoms with Crippen LogP contribution < -0.4 is 10.5 Å². The highest BCUT2D eigenvalue weighted by atomic mass is 35.5. The quantitative estimate of drug-likeness (QED) is 0.870. The number of nitrogens with two attached hydrogens (primary N) is 1. The summed E-state index contributed by atoms with van der Waals surface area (Å²) in [6, 6.07) is 5.69. The van der Waals surface area contributed by atoms with Crippen LogP contribution in [0.4, 0.5) is 8.78 Å². The minimum atomic E-state index is -2.83. The van der Waals surface area contributed by atoms with Gasteiger partial charge < -0.3 is 15.6 Å². The van der Waals surface area contributed by atoms with Gasteiger partial charge in [0.15, 0.2) is 0 Å². The van der Waals surface area contributed by atoms with Crippen molar-refractivity contribution in [3.8, 4) is 5.75 Å². The van der Waals surface area contributed by atoms with Crippen LogP contribution in [0.1, 0.15) is 43.7 Å². The molecule has 0 radical (unpaired) electrons. The molecule has 2 atom stereocenters. The Balaban J connectivity index is 0.00000220. The van der Waals surface area contributed by atoms with Crippen molar-refractivity contribution in [2.24, 2.45) is 11.7 Å². The molecular formula is C15H22ClF2NO2. The molecule has 1 aromatic rings. The topological polar surface area (TPSA) is 55.5 Å². The lowest BCUT2D eigenvalue weighted by Gasteiger charge is -2.30. The lowest BCUT2D eigenvalue weighted by atomic mass is 9.81. The highest BCUT2D eigenvalue weighted by Crippen LogP contribution is 2.31. The Kier molecular flexibility index (Phi) is 7.35. The van der Waals surface area contributed by atoms with E-state index in [-0.39, 0.29) is 24.1 Å². The lowest BCUT2D eigenvalue weighted by Crippen LogP contribution is -2.34. The van der Waals surface area contributed by atoms with Gasteiger partial charge in [0.2, 0.25) is 0 Å². The standard InChI is InChI=1S/C15H21F2NO2.ClH/c16-15(17)20-12-8-6-10(7-9-12)13(18)14(19)11-4-2-1-3-5-11;/h6-9,11,13-15,19H,1-5,18H2;1H/t13-,14+;/m0./s1. The molecule has 0 aliphatic heterocycles. The van der Waals surface area contributed by atoms with Crippen LogP contribution in [-0.2, 0) is 0 Å². The van der Waals surface area contributed by atoms with Gasteiger partial charge in [0.1, 0.15) is 5.75 Å². The Morgan fingerprint density at radius 2 is 1.67 bits per heavy atom. The maximum Gasteiger partial charge on any atom is 0.387 e. The van der Waals surface area contributed by atoms with Crippen LogP contribution in [0, 0.1) is 5.92 Å². The first-order valence-corrected chi connectivity index (χ1v) is 7.06. The Morgan fingerprint density at radius 1 is 1.10 bits per heavy atom. The predicted molar refractivity (Wildman–Crippen MR) is 79.8 cm³/mol. The van der Waals surface area contributed by atoms with E-state index in [1.807, 2.05) is 0 Å². The molecular weight excluding hydrogens is 300 g/mol. The molecule has 0 unspecified atom stereocenters. The summed E-state index contributed by atoms with van der Waals surface area (Å²) in [5, 5.41) is 10.3. The van der Waals surface area contributed by atoms with Gasteiger partial charge in [-0.05, 0) is 36.5 Å². The first-order chi connectivity index (χ1) is 9.58. The summed E-state index contributed by atoms with van der Waals surface area (Å²) in [5.41, 5.74) is 6.82. The van der Waals surface area contributed by atoms with Crippen LogP contribution in [0.2, 0.25) is 0 Å². The van der Waals surface area contributed by atoms with Crippen molar-refractivity contribution in [1.82, 2.24) is 0 Å². The highest BCUT2D eigenvalue weighted by molar-refractivity contribution is 5.85. The monoisotopic (exact) mass is 321 g/mol. The predicted octanol–water partition coefficient (Wildman–Crippen LogP) is 3.65. The van der Waals surface area contributed by atoms with E-state index >= 15 is 0 Å². The largest absolute Gasteiger partial charge is 0.435 e. The van der Waals surface area contributed by atoms with Crippen LogP contribution in [-0.4, -0.2) is 17.8 Å². The van der Waals surface area contributed by atoms with E-state index in [1.54, 1.807) is 12.1 Å². The lowest BCUT2D eigenvalue weighted by molar-refractivity contribution is -0.0498. The zero-order chi connectivity index (χ0) is 14.5. The van der Waals surface area contributed by atoms with Gasteiger partial charge in [-0.15, -0.1) is 12.4 Å². The summed E-state index contributed by atoms with van der Waals surface area (Å²) in [5.74, 6) is 0.332. The second-order valence-corrected chi connectivity index (χ2v) is 5.36. The SMILES string of the molecule is Cl.N[C@@H](c1ccc(OC(F)F)cc1)[C@H](O)C1CCCCC1. The number of benzene rings is 1. The van der Waals surface area contributed by atoms with Gasteiger partial charge in [-0.2, -0.15) is 8.78 Å². The first kappa shape index (κ1) is 18.1. The van der Waals surface area contributed by atoms with E-state index in [0.29, 0.717) is 0 Å². The van der Waals surface area contributed by atoms with Gasteiger partial charge in [0, 0.05) is 0 Å². The van der Waals surface area contributed by atoms with Crippen LogP contribution in [0.25, 0.3) is 0 Å². The Morgan fingerprint density at radius 3 is 2.19 bits per heavy atom. The fraction of sp³-hybridized carbons (Fsp3) is 0.600. The van der Waals surface area contributed by atoms with Gasteiger partial charge in [-0.3, -0.25) is 0 Å². The smallest absolute Gasteiger partial charge is 0.387 e. The minimum absolute atomic E-state index is 0. The average Bonchev–Trinajstić information content (AvgIpc) is 2.47. The number of ether oxygens (including phenoxy) is 1. The van der Waals surface area contributed by atoms with Gasteiger partial charge in [-0.25, -0.2) is 0 Å². The summed E-state index contributed by atoms with van der Waals surface area (Å²) in [6.45, 7) is -2.83. The van der Waals surface area contributed by atoms with Crippen molar-refractivity contribution in [3.63, 3.8) is 0 Å². The van der Waals surface area contributed by atoms with Gasteiger partial charge >= 0.3 is 6.61 Å². The molecule has 2 rings (SSSR count). The maximum atomic E-state index is 12.1. The van der Waals surface area contributed by atoms with Crippen molar-refractivity contribution >= 4 is 12.4 Å². The van der Waals surface area contributed by atoms with Crippen molar-refractivity contribution in [1.29, 1.82) is 0 Å². The number of alkyl halides is 2. The zero-order valence-electron chi connectivity index (χ0n) is 11.8. The van der Waals surface area contributed by atoms with E-state index in [1.165, 1.54) is 18.6 Å². The molecule has 0 bridgehead atoms. The third-order valence-corrected chi connectivity index (χ3v) is 3.99. The fourth-order valence-electron chi connectivity index (χ4n) is 2.84. The van der Waals surface area contributed by atoms with E-state index in [0.717, 1.165) is 31.2 Å². The highest BCUT2D eigenvalue weighted by Gasteiger charge is 2.27. The van der Waals surface area contributed by atoms with Crippen molar-refractivity contribution < 1.29 is 18.6 Å². The number of aliphatic hydroxyl groups is 1.